The lowest BCUT2D eigenvalue weighted by Crippen LogP contribution is -2.30. The highest BCUT2D eigenvalue weighted by atomic mass is 16.6. The van der Waals surface area contributed by atoms with E-state index in [9.17, 15) is 14.4 Å². The van der Waals surface area contributed by atoms with Gasteiger partial charge in [0.15, 0.2) is 6.10 Å². The zero-order valence-electron chi connectivity index (χ0n) is 55.0. The highest BCUT2D eigenvalue weighted by molar-refractivity contribution is 5.71. The molecular formula is C76H138O6. The number of carbonyl (C=O) groups excluding carboxylic acids is 3. The number of hydrogen-bond donors (Lipinski definition) is 0. The Hall–Kier alpha value is -2.89. The van der Waals surface area contributed by atoms with Gasteiger partial charge in [-0.15, -0.1) is 0 Å². The van der Waals surface area contributed by atoms with Gasteiger partial charge in [-0.25, -0.2) is 0 Å². The van der Waals surface area contributed by atoms with Crippen molar-refractivity contribution in [2.75, 3.05) is 13.2 Å². The summed E-state index contributed by atoms with van der Waals surface area (Å²) >= 11 is 0. The van der Waals surface area contributed by atoms with Crippen molar-refractivity contribution in [3.05, 3.63) is 60.8 Å². The molecule has 0 amide bonds. The Kier molecular flexibility index (Phi) is 68.1. The second-order valence-electron chi connectivity index (χ2n) is 24.5. The second kappa shape index (κ2) is 70.6. The van der Waals surface area contributed by atoms with E-state index < -0.39 is 6.10 Å². The van der Waals surface area contributed by atoms with Gasteiger partial charge in [0.2, 0.25) is 0 Å². The molecule has 0 heterocycles. The average Bonchev–Trinajstić information content (AvgIpc) is 3.47. The lowest BCUT2D eigenvalue weighted by Gasteiger charge is -2.18. The third kappa shape index (κ3) is 67.9. The van der Waals surface area contributed by atoms with Crippen LogP contribution in [0.3, 0.4) is 0 Å². The zero-order valence-corrected chi connectivity index (χ0v) is 55.0. The number of ether oxygens (including phenoxy) is 3. The standard InChI is InChI=1S/C76H138O6/c1-4-7-10-13-16-19-22-25-28-31-34-37-38-40-42-45-48-51-54-57-60-63-66-69-75(78)81-72-73(71-80-74(77)68-65-62-59-56-53-50-47-44-41-36-33-30-27-24-21-18-15-12-9-6-3)82-76(79)70-67-64-61-58-55-52-49-46-43-39-35-32-29-26-23-20-17-14-11-8-5-2/h8,11,17,20,26,29,31,34-35,39,73H,4-7,9-10,12-16,18-19,21-25,27-28,30,32-33,36-38,40-72H2,1-3H3/b11-8-,20-17-,29-26-,34-31-,39-35-. The maximum absolute atomic E-state index is 13.0. The van der Waals surface area contributed by atoms with E-state index >= 15 is 0 Å². The van der Waals surface area contributed by atoms with Gasteiger partial charge in [-0.2, -0.15) is 0 Å². The van der Waals surface area contributed by atoms with Crippen molar-refractivity contribution in [3.63, 3.8) is 0 Å². The molecule has 0 aliphatic heterocycles. The van der Waals surface area contributed by atoms with Crippen LogP contribution in [0.1, 0.15) is 387 Å². The molecule has 82 heavy (non-hydrogen) atoms. The van der Waals surface area contributed by atoms with E-state index in [1.807, 2.05) is 0 Å². The number of allylic oxidation sites excluding steroid dienone is 10. The Balaban J connectivity index is 4.34. The van der Waals surface area contributed by atoms with Crippen molar-refractivity contribution in [2.45, 2.75) is 393 Å². The van der Waals surface area contributed by atoms with Crippen LogP contribution in [0.5, 0.6) is 0 Å². The summed E-state index contributed by atoms with van der Waals surface area (Å²) in [5.41, 5.74) is 0. The van der Waals surface area contributed by atoms with Gasteiger partial charge in [-0.05, 0) is 83.5 Å². The van der Waals surface area contributed by atoms with E-state index in [0.29, 0.717) is 19.3 Å². The van der Waals surface area contributed by atoms with E-state index in [0.717, 1.165) is 89.9 Å². The van der Waals surface area contributed by atoms with Crippen molar-refractivity contribution in [1.29, 1.82) is 0 Å². The normalized spacial score (nSPS) is 12.4. The van der Waals surface area contributed by atoms with Crippen LogP contribution in [0.2, 0.25) is 0 Å². The average molecular weight is 1150 g/mol. The van der Waals surface area contributed by atoms with Gasteiger partial charge in [0.1, 0.15) is 13.2 Å². The summed E-state index contributed by atoms with van der Waals surface area (Å²) in [5.74, 6) is -0.855. The molecule has 0 aromatic rings. The molecule has 6 nitrogen and oxygen atoms in total. The fraction of sp³-hybridized carbons (Fsp3) is 0.829. The Bertz CT molecular complexity index is 1460. The summed E-state index contributed by atoms with van der Waals surface area (Å²) in [4.78, 5) is 38.5. The van der Waals surface area contributed by atoms with Crippen molar-refractivity contribution < 1.29 is 28.6 Å². The van der Waals surface area contributed by atoms with Gasteiger partial charge >= 0.3 is 17.9 Å². The van der Waals surface area contributed by atoms with Crippen LogP contribution in [0.25, 0.3) is 0 Å². The van der Waals surface area contributed by atoms with Crippen LogP contribution < -0.4 is 0 Å². The molecule has 0 rings (SSSR count). The number of rotatable bonds is 67. The van der Waals surface area contributed by atoms with Crippen LogP contribution in [-0.4, -0.2) is 37.2 Å². The Labute approximate surface area is 510 Å². The van der Waals surface area contributed by atoms with E-state index in [1.165, 1.54) is 257 Å². The first-order valence-corrected chi connectivity index (χ1v) is 36.3. The lowest BCUT2D eigenvalue weighted by molar-refractivity contribution is -0.167. The number of esters is 3. The third-order valence-electron chi connectivity index (χ3n) is 16.3. The Morgan fingerprint density at radius 2 is 0.476 bits per heavy atom. The summed E-state index contributed by atoms with van der Waals surface area (Å²) in [6.07, 6.45) is 91.0. The minimum Gasteiger partial charge on any atom is -0.462 e. The van der Waals surface area contributed by atoms with E-state index in [2.05, 4.69) is 81.5 Å². The van der Waals surface area contributed by atoms with Crippen molar-refractivity contribution in [3.8, 4) is 0 Å². The molecule has 1 atom stereocenters. The molecule has 0 N–H and O–H groups in total. The first kappa shape index (κ1) is 79.1. The summed E-state index contributed by atoms with van der Waals surface area (Å²) in [7, 11) is 0. The van der Waals surface area contributed by atoms with Gasteiger partial charge < -0.3 is 14.2 Å². The molecule has 478 valence electrons. The largest absolute Gasteiger partial charge is 0.462 e. The maximum Gasteiger partial charge on any atom is 0.306 e. The Morgan fingerprint density at radius 3 is 0.756 bits per heavy atom. The molecule has 0 aromatic heterocycles. The van der Waals surface area contributed by atoms with Crippen LogP contribution in [0, 0.1) is 0 Å². The van der Waals surface area contributed by atoms with Gasteiger partial charge in [0.05, 0.1) is 0 Å². The summed E-state index contributed by atoms with van der Waals surface area (Å²) in [6, 6.07) is 0. The number of hydrogen-bond acceptors (Lipinski definition) is 6. The van der Waals surface area contributed by atoms with Crippen LogP contribution in [-0.2, 0) is 28.6 Å². The molecule has 0 aromatic carbocycles. The van der Waals surface area contributed by atoms with Gasteiger partial charge in [-0.3, -0.25) is 14.4 Å². The van der Waals surface area contributed by atoms with E-state index in [-0.39, 0.29) is 31.1 Å². The second-order valence-corrected chi connectivity index (χ2v) is 24.5. The minimum absolute atomic E-state index is 0.0733. The van der Waals surface area contributed by atoms with E-state index in [1.54, 1.807) is 0 Å². The quantitative estimate of drug-likeness (QED) is 0.0261. The topological polar surface area (TPSA) is 78.9 Å². The molecular weight excluding hydrogens is 1010 g/mol. The summed E-state index contributed by atoms with van der Waals surface area (Å²) in [5, 5.41) is 0. The molecule has 6 heteroatoms. The first-order chi connectivity index (χ1) is 40.5. The minimum atomic E-state index is -0.779. The number of carbonyl (C=O) groups is 3. The summed E-state index contributed by atoms with van der Waals surface area (Å²) in [6.45, 7) is 6.60. The molecule has 0 radical (unpaired) electrons. The predicted octanol–water partition coefficient (Wildman–Crippen LogP) is 25.1. The van der Waals surface area contributed by atoms with Crippen LogP contribution >= 0.6 is 0 Å². The molecule has 0 saturated heterocycles. The number of unbranched alkanes of at least 4 members (excludes halogenated alkanes) is 46. The van der Waals surface area contributed by atoms with Crippen LogP contribution in [0.4, 0.5) is 0 Å². The van der Waals surface area contributed by atoms with Gasteiger partial charge in [0, 0.05) is 19.3 Å². The van der Waals surface area contributed by atoms with Crippen molar-refractivity contribution in [1.82, 2.24) is 0 Å². The highest BCUT2D eigenvalue weighted by Gasteiger charge is 2.19. The van der Waals surface area contributed by atoms with E-state index in [4.69, 9.17) is 14.2 Å². The molecule has 0 saturated carbocycles. The van der Waals surface area contributed by atoms with Crippen molar-refractivity contribution >= 4 is 17.9 Å². The fourth-order valence-corrected chi connectivity index (χ4v) is 10.8. The first-order valence-electron chi connectivity index (χ1n) is 36.3. The highest BCUT2D eigenvalue weighted by Crippen LogP contribution is 2.18. The molecule has 0 spiro atoms. The van der Waals surface area contributed by atoms with Gasteiger partial charge in [-0.1, -0.05) is 345 Å². The molecule has 0 fully saturated rings. The summed E-state index contributed by atoms with van der Waals surface area (Å²) < 4.78 is 17.0. The molecule has 1 unspecified atom stereocenters. The smallest absolute Gasteiger partial charge is 0.306 e. The maximum atomic E-state index is 13.0. The third-order valence-corrected chi connectivity index (χ3v) is 16.3. The molecule has 0 aliphatic carbocycles. The molecule has 0 aliphatic rings. The predicted molar refractivity (Wildman–Crippen MR) is 358 cm³/mol. The van der Waals surface area contributed by atoms with Crippen LogP contribution in [0.15, 0.2) is 60.8 Å². The van der Waals surface area contributed by atoms with Gasteiger partial charge in [0.25, 0.3) is 0 Å². The molecule has 0 bridgehead atoms. The lowest BCUT2D eigenvalue weighted by atomic mass is 10.0. The van der Waals surface area contributed by atoms with Crippen molar-refractivity contribution in [2.24, 2.45) is 0 Å². The zero-order chi connectivity index (χ0) is 59.2. The Morgan fingerprint density at radius 1 is 0.256 bits per heavy atom. The fourth-order valence-electron chi connectivity index (χ4n) is 10.8. The monoisotopic (exact) mass is 1150 g/mol. The SMILES string of the molecule is CC/C=C\C/C=C\C/C=C\C/C=C\CCCCCCCCCCC(=O)OC(COC(=O)CCCCCCCCCCCCC/C=C\CCCCCCCCCC)COC(=O)CCCCCCCCCCCCCCCCCCCCCC.